The molecule has 7 N–H and O–H groups in total. The first kappa shape index (κ1) is 33.6. The number of rotatable bonds is 7. The van der Waals surface area contributed by atoms with E-state index >= 15 is 0 Å². The summed E-state index contributed by atoms with van der Waals surface area (Å²) in [5.74, 6) is -5.11. The van der Waals surface area contributed by atoms with Crippen molar-refractivity contribution in [2.24, 2.45) is 0 Å². The number of H-pyrrole nitrogens is 1. The Balaban J connectivity index is 0.000000275. The zero-order chi connectivity index (χ0) is 32.2. The van der Waals surface area contributed by atoms with E-state index in [1.54, 1.807) is 0 Å². The van der Waals surface area contributed by atoms with Gasteiger partial charge in [0.2, 0.25) is 0 Å². The molecule has 1 aromatic heterocycles. The summed E-state index contributed by atoms with van der Waals surface area (Å²) in [4.78, 5) is 40.8. The summed E-state index contributed by atoms with van der Waals surface area (Å²) in [6.07, 6.45) is 2.23. The first-order valence-electron chi connectivity index (χ1n) is 13.7. The Morgan fingerprint density at radius 2 is 1.43 bits per heavy atom. The summed E-state index contributed by atoms with van der Waals surface area (Å²) >= 11 is 0. The van der Waals surface area contributed by atoms with Gasteiger partial charge < -0.3 is 31.1 Å². The molecule has 0 aliphatic carbocycles. The van der Waals surface area contributed by atoms with Gasteiger partial charge in [-0.3, -0.25) is 10.00 Å². The topological polar surface area (TPSA) is 205 Å². The molecule has 0 spiro atoms. The first-order valence-corrected chi connectivity index (χ1v) is 13.7. The fourth-order valence-corrected chi connectivity index (χ4v) is 5.11. The molecule has 1 saturated heterocycles. The third kappa shape index (κ3) is 9.55. The molecule has 234 valence electrons. The number of hydrogen-bond acceptors (Lipinski definition) is 8. The van der Waals surface area contributed by atoms with Gasteiger partial charge in [0, 0.05) is 80.4 Å². The Morgan fingerprint density at radius 3 is 1.98 bits per heavy atom. The van der Waals surface area contributed by atoms with Crippen LogP contribution >= 0.6 is 0 Å². The first-order chi connectivity index (χ1) is 21.0. The molecule has 14 heteroatoms. The van der Waals surface area contributed by atoms with Crippen LogP contribution in [0.2, 0.25) is 0 Å². The molecule has 2 aliphatic heterocycles. The van der Waals surface area contributed by atoms with Crippen LogP contribution in [0.1, 0.15) is 35.7 Å². The number of aromatic amines is 1. The molecule has 0 saturated carbocycles. The van der Waals surface area contributed by atoms with Crippen molar-refractivity contribution >= 4 is 34.8 Å². The van der Waals surface area contributed by atoms with Crippen molar-refractivity contribution < 1.29 is 44.0 Å². The van der Waals surface area contributed by atoms with Crippen molar-refractivity contribution in [1.82, 2.24) is 25.7 Å². The van der Waals surface area contributed by atoms with Crippen molar-refractivity contribution in [2.45, 2.75) is 24.9 Å². The normalized spacial score (nSPS) is 18.9. The molecule has 5 rings (SSSR count). The summed E-state index contributed by atoms with van der Waals surface area (Å²) in [7, 11) is 0. The van der Waals surface area contributed by atoms with Crippen molar-refractivity contribution in [3.63, 3.8) is 0 Å². The number of nitrogens with zero attached hydrogens (tertiary/aromatic N) is 2. The monoisotopic (exact) mass is 611 g/mol. The van der Waals surface area contributed by atoms with Crippen LogP contribution in [0.4, 0.5) is 4.39 Å². The lowest BCUT2D eigenvalue weighted by Crippen LogP contribution is -2.52. The van der Waals surface area contributed by atoms with Crippen LogP contribution < -0.4 is 10.6 Å². The number of aromatic nitrogens is 2. The minimum absolute atomic E-state index is 0.155. The molecule has 3 heterocycles. The highest BCUT2D eigenvalue weighted by Gasteiger charge is 2.34. The average Bonchev–Trinajstić information content (AvgIpc) is 3.42. The third-order valence-electron chi connectivity index (χ3n) is 7.08. The molecule has 0 radical (unpaired) electrons. The Morgan fingerprint density at radius 1 is 0.886 bits per heavy atom. The van der Waals surface area contributed by atoms with E-state index in [0.29, 0.717) is 36.4 Å². The second kappa shape index (κ2) is 16.1. The second-order valence-electron chi connectivity index (χ2n) is 9.91. The fraction of sp³-hybridized carbons (Fsp3) is 0.300. The van der Waals surface area contributed by atoms with E-state index in [1.165, 1.54) is 23.3 Å². The molecule has 0 bridgehead atoms. The van der Waals surface area contributed by atoms with Gasteiger partial charge in [0.1, 0.15) is 5.82 Å². The molecule has 3 aromatic rings. The van der Waals surface area contributed by atoms with Crippen LogP contribution in [0.3, 0.4) is 0 Å². The number of hydrogen-bond donors (Lipinski definition) is 7. The van der Waals surface area contributed by atoms with Crippen LogP contribution in [0, 0.1) is 5.82 Å². The van der Waals surface area contributed by atoms with Crippen molar-refractivity contribution in [3.05, 3.63) is 89.4 Å². The predicted octanol–water partition coefficient (Wildman–Crippen LogP) is 2.20. The molecule has 2 aromatic carbocycles. The van der Waals surface area contributed by atoms with Crippen LogP contribution in [0.25, 0.3) is 10.9 Å². The standard InChI is InChI=1S/C22H26FN5.2C4H4O4/c1-14(28-10-8-24-9-11-28)21-17-5-3-2-4-16(17)19(13-25-21)22-18-7-6-15(23)12-20(18)26-27-22;2*5-3(6)1-2-4(7)8/h2-7,12,14,19,21,24-25H,8-11,13H2,1H3,(H,26,27);2*1-2H,(H,5,6)(H,7,8). The molecule has 1 fully saturated rings. The largest absolute Gasteiger partial charge is 0.478 e. The minimum Gasteiger partial charge on any atom is -0.478 e. The van der Waals surface area contributed by atoms with Crippen LogP contribution in [-0.2, 0) is 19.2 Å². The van der Waals surface area contributed by atoms with Crippen LogP contribution in [0.5, 0.6) is 0 Å². The minimum atomic E-state index is -1.26. The van der Waals surface area contributed by atoms with E-state index in [4.69, 9.17) is 20.4 Å². The number of carboxylic acids is 4. The number of aliphatic carboxylic acids is 4. The average molecular weight is 612 g/mol. The number of benzene rings is 2. The van der Waals surface area contributed by atoms with Gasteiger partial charge >= 0.3 is 23.9 Å². The Labute approximate surface area is 251 Å². The highest BCUT2D eigenvalue weighted by Crippen LogP contribution is 2.38. The zero-order valence-corrected chi connectivity index (χ0v) is 23.8. The Bertz CT molecular complexity index is 1470. The maximum absolute atomic E-state index is 13.6. The molecule has 3 unspecified atom stereocenters. The summed E-state index contributed by atoms with van der Waals surface area (Å²) in [6.45, 7) is 7.43. The molecule has 3 atom stereocenters. The molecular weight excluding hydrogens is 577 g/mol. The Kier molecular flexibility index (Phi) is 12.3. The number of carbonyl (C=O) groups is 4. The van der Waals surface area contributed by atoms with Gasteiger partial charge in [-0.2, -0.15) is 5.10 Å². The number of halogens is 1. The quantitative estimate of drug-likeness (QED) is 0.192. The van der Waals surface area contributed by atoms with Gasteiger partial charge in [-0.25, -0.2) is 23.6 Å². The summed E-state index contributed by atoms with van der Waals surface area (Å²) in [5.41, 5.74) is 4.42. The van der Waals surface area contributed by atoms with Crippen LogP contribution in [0.15, 0.2) is 66.8 Å². The Hall–Kier alpha value is -4.92. The van der Waals surface area contributed by atoms with Gasteiger partial charge in [0.05, 0.1) is 11.2 Å². The van der Waals surface area contributed by atoms with E-state index in [1.807, 2.05) is 6.07 Å². The number of fused-ring (bicyclic) bond motifs is 2. The van der Waals surface area contributed by atoms with Gasteiger partial charge in [0.15, 0.2) is 0 Å². The van der Waals surface area contributed by atoms with E-state index in [2.05, 4.69) is 56.9 Å². The zero-order valence-electron chi connectivity index (χ0n) is 23.8. The predicted molar refractivity (Wildman–Crippen MR) is 158 cm³/mol. The summed E-state index contributed by atoms with van der Waals surface area (Å²) in [5, 5.41) is 47.1. The van der Waals surface area contributed by atoms with Gasteiger partial charge in [-0.05, 0) is 36.2 Å². The molecule has 44 heavy (non-hydrogen) atoms. The van der Waals surface area contributed by atoms with E-state index < -0.39 is 23.9 Å². The molecule has 2 aliphatic rings. The van der Waals surface area contributed by atoms with Crippen LogP contribution in [-0.4, -0.2) is 98.2 Å². The lowest BCUT2D eigenvalue weighted by Gasteiger charge is -2.41. The molecule has 13 nitrogen and oxygen atoms in total. The highest BCUT2D eigenvalue weighted by atomic mass is 19.1. The SMILES string of the molecule is CC(C1NCC(c2n[nH]c3cc(F)ccc23)c2ccccc21)N1CCNCC1.O=C(O)C=CC(=O)O.O=C(O)C=CC(=O)O. The van der Waals surface area contributed by atoms with E-state index in [0.717, 1.165) is 49.3 Å². The van der Waals surface area contributed by atoms with Gasteiger partial charge in [0.25, 0.3) is 0 Å². The summed E-state index contributed by atoms with van der Waals surface area (Å²) in [6, 6.07) is 14.3. The molecule has 0 amide bonds. The third-order valence-corrected chi connectivity index (χ3v) is 7.08. The smallest absolute Gasteiger partial charge is 0.328 e. The van der Waals surface area contributed by atoms with Gasteiger partial charge in [-0.1, -0.05) is 24.3 Å². The van der Waals surface area contributed by atoms with Crippen molar-refractivity contribution in [1.29, 1.82) is 0 Å². The lowest BCUT2D eigenvalue weighted by atomic mass is 9.81. The summed E-state index contributed by atoms with van der Waals surface area (Å²) < 4.78 is 13.6. The van der Waals surface area contributed by atoms with E-state index in [9.17, 15) is 23.6 Å². The fourth-order valence-electron chi connectivity index (χ4n) is 5.11. The maximum Gasteiger partial charge on any atom is 0.328 e. The number of piperazine rings is 1. The van der Waals surface area contributed by atoms with Crippen molar-refractivity contribution in [3.8, 4) is 0 Å². The second-order valence-corrected chi connectivity index (χ2v) is 9.91. The number of carboxylic acid groups (broad SMARTS) is 4. The highest BCUT2D eigenvalue weighted by molar-refractivity contribution is 5.90. The lowest BCUT2D eigenvalue weighted by molar-refractivity contribution is -0.134. The maximum atomic E-state index is 13.6. The van der Waals surface area contributed by atoms with Gasteiger partial charge in [-0.15, -0.1) is 0 Å². The van der Waals surface area contributed by atoms with E-state index in [-0.39, 0.29) is 11.7 Å². The molecular formula is C30H34FN5O8. The van der Waals surface area contributed by atoms with Crippen molar-refractivity contribution in [2.75, 3.05) is 32.7 Å². The number of nitrogens with one attached hydrogen (secondary N) is 3.